The van der Waals surface area contributed by atoms with Gasteiger partial charge >= 0.3 is 0 Å². The van der Waals surface area contributed by atoms with Gasteiger partial charge in [0.1, 0.15) is 5.75 Å². The summed E-state index contributed by atoms with van der Waals surface area (Å²) in [5.74, 6) is 0.350. The molecule has 2 aromatic carbocycles. The second-order valence-electron chi connectivity index (χ2n) is 5.99. The average molecular weight is 354 g/mol. The van der Waals surface area contributed by atoms with Crippen LogP contribution in [0.2, 0.25) is 0 Å². The van der Waals surface area contributed by atoms with Crippen LogP contribution in [0, 0.1) is 0 Å². The van der Waals surface area contributed by atoms with E-state index in [4.69, 9.17) is 17.0 Å². The molecule has 3 rings (SSSR count). The number of nitrogens with one attached hydrogen (secondary N) is 1. The first-order valence-corrected chi connectivity index (χ1v) is 9.04. The van der Waals surface area contributed by atoms with Crippen molar-refractivity contribution in [3.63, 3.8) is 0 Å². The van der Waals surface area contributed by atoms with E-state index in [9.17, 15) is 4.79 Å². The van der Waals surface area contributed by atoms with E-state index in [0.717, 1.165) is 31.5 Å². The fraction of sp³-hybridized carbons (Fsp3) is 0.300. The van der Waals surface area contributed by atoms with Gasteiger partial charge in [-0.25, -0.2) is 0 Å². The number of carbonyl (C=O) groups excluding carboxylic acids is 1. The molecule has 0 unspecified atom stereocenters. The molecule has 1 aliphatic heterocycles. The highest BCUT2D eigenvalue weighted by Crippen LogP contribution is 2.27. The lowest BCUT2D eigenvalue weighted by Crippen LogP contribution is -2.45. The summed E-state index contributed by atoms with van der Waals surface area (Å²) in [6.45, 7) is 3.42. The Labute approximate surface area is 153 Å². The van der Waals surface area contributed by atoms with Crippen molar-refractivity contribution >= 4 is 28.9 Å². The molecule has 0 bridgehead atoms. The second kappa shape index (κ2) is 8.12. The molecule has 1 N–H and O–H groups in total. The number of benzene rings is 2. The van der Waals surface area contributed by atoms with E-state index in [2.05, 4.69) is 11.4 Å². The summed E-state index contributed by atoms with van der Waals surface area (Å²) in [6, 6.07) is 15.4. The standard InChI is InChI=1S/C20H22N2O2S/c1-2-14-24-18-12-6-4-10-16(18)19(23)21-20(25)22-13-7-9-15-8-3-5-11-17(15)22/h3-6,8,10-12H,2,7,9,13-14H2,1H3,(H,21,23,25). The second-order valence-corrected chi connectivity index (χ2v) is 6.37. The maximum atomic E-state index is 12.7. The molecule has 25 heavy (non-hydrogen) atoms. The highest BCUT2D eigenvalue weighted by molar-refractivity contribution is 7.80. The van der Waals surface area contributed by atoms with Crippen LogP contribution in [0.1, 0.15) is 35.7 Å². The lowest BCUT2D eigenvalue weighted by atomic mass is 10.0. The Morgan fingerprint density at radius 3 is 2.80 bits per heavy atom. The number of ether oxygens (including phenoxy) is 1. The largest absolute Gasteiger partial charge is 0.493 e. The van der Waals surface area contributed by atoms with Gasteiger partial charge in [0.2, 0.25) is 0 Å². The molecule has 0 fully saturated rings. The predicted octanol–water partition coefficient (Wildman–Crippen LogP) is 3.94. The van der Waals surface area contributed by atoms with Gasteiger partial charge in [0, 0.05) is 12.2 Å². The third-order valence-electron chi connectivity index (χ3n) is 4.17. The number of hydrogen-bond donors (Lipinski definition) is 1. The van der Waals surface area contributed by atoms with E-state index >= 15 is 0 Å². The van der Waals surface area contributed by atoms with Crippen molar-refractivity contribution in [2.24, 2.45) is 0 Å². The van der Waals surface area contributed by atoms with Gasteiger partial charge in [-0.2, -0.15) is 0 Å². The third-order valence-corrected chi connectivity index (χ3v) is 4.49. The van der Waals surface area contributed by atoms with Crippen LogP contribution in [-0.4, -0.2) is 24.2 Å². The smallest absolute Gasteiger partial charge is 0.261 e. The SMILES string of the molecule is CCCOc1ccccc1C(=O)NC(=S)N1CCCc2ccccc21. The molecule has 1 amide bonds. The fourth-order valence-electron chi connectivity index (χ4n) is 2.97. The molecule has 130 valence electrons. The summed E-state index contributed by atoms with van der Waals surface area (Å²) in [7, 11) is 0. The van der Waals surface area contributed by atoms with Gasteiger partial charge in [-0.1, -0.05) is 37.3 Å². The van der Waals surface area contributed by atoms with Crippen LogP contribution in [-0.2, 0) is 6.42 Å². The molecule has 0 aromatic heterocycles. The van der Waals surface area contributed by atoms with Crippen LogP contribution in [0.4, 0.5) is 5.69 Å². The summed E-state index contributed by atoms with van der Waals surface area (Å²) in [4.78, 5) is 14.7. The van der Waals surface area contributed by atoms with E-state index in [0.29, 0.717) is 23.0 Å². The molecule has 0 aliphatic carbocycles. The number of aryl methyl sites for hydroxylation is 1. The molecular formula is C20H22N2O2S. The first-order chi connectivity index (χ1) is 12.2. The summed E-state index contributed by atoms with van der Waals surface area (Å²) < 4.78 is 5.67. The molecule has 1 heterocycles. The van der Waals surface area contributed by atoms with Crippen molar-refractivity contribution < 1.29 is 9.53 Å². The van der Waals surface area contributed by atoms with Crippen molar-refractivity contribution in [3.8, 4) is 5.75 Å². The molecule has 1 aliphatic rings. The first kappa shape index (κ1) is 17.4. The third kappa shape index (κ3) is 3.99. The molecule has 5 heteroatoms. The summed E-state index contributed by atoms with van der Waals surface area (Å²) >= 11 is 5.51. The van der Waals surface area contributed by atoms with E-state index in [1.54, 1.807) is 6.07 Å². The van der Waals surface area contributed by atoms with Crippen molar-refractivity contribution in [1.29, 1.82) is 0 Å². The topological polar surface area (TPSA) is 41.6 Å². The van der Waals surface area contributed by atoms with Crippen LogP contribution in [0.3, 0.4) is 0 Å². The Hall–Kier alpha value is -2.40. The number of fused-ring (bicyclic) bond motifs is 1. The van der Waals surface area contributed by atoms with Gasteiger partial charge in [-0.3, -0.25) is 10.1 Å². The fourth-order valence-corrected chi connectivity index (χ4v) is 3.25. The maximum Gasteiger partial charge on any atom is 0.261 e. The number of para-hydroxylation sites is 2. The van der Waals surface area contributed by atoms with E-state index in [1.807, 2.05) is 48.2 Å². The lowest BCUT2D eigenvalue weighted by molar-refractivity contribution is 0.0973. The quantitative estimate of drug-likeness (QED) is 0.845. The van der Waals surface area contributed by atoms with Crippen LogP contribution in [0.25, 0.3) is 0 Å². The monoisotopic (exact) mass is 354 g/mol. The Balaban J connectivity index is 1.75. The van der Waals surface area contributed by atoms with E-state index in [-0.39, 0.29) is 5.91 Å². The molecule has 0 spiro atoms. The van der Waals surface area contributed by atoms with Crippen LogP contribution in [0.5, 0.6) is 5.75 Å². The highest BCUT2D eigenvalue weighted by atomic mass is 32.1. The Bertz CT molecular complexity index is 776. The predicted molar refractivity (Wildman–Crippen MR) is 104 cm³/mol. The van der Waals surface area contributed by atoms with Gasteiger partial charge in [0.15, 0.2) is 5.11 Å². The number of thiocarbonyl (C=S) groups is 1. The van der Waals surface area contributed by atoms with Gasteiger partial charge in [0.25, 0.3) is 5.91 Å². The minimum absolute atomic E-state index is 0.236. The van der Waals surface area contributed by atoms with E-state index in [1.165, 1.54) is 5.56 Å². The normalized spacial score (nSPS) is 13.1. The molecule has 2 aromatic rings. The number of rotatable bonds is 4. The highest BCUT2D eigenvalue weighted by Gasteiger charge is 2.22. The molecule has 4 nitrogen and oxygen atoms in total. The molecule has 0 saturated carbocycles. The van der Waals surface area contributed by atoms with Crippen molar-refractivity contribution in [2.75, 3.05) is 18.1 Å². The van der Waals surface area contributed by atoms with Gasteiger partial charge < -0.3 is 9.64 Å². The minimum atomic E-state index is -0.236. The average Bonchev–Trinajstić information content (AvgIpc) is 2.66. The zero-order valence-electron chi connectivity index (χ0n) is 14.3. The Kier molecular flexibility index (Phi) is 5.66. The molecule has 0 radical (unpaired) electrons. The first-order valence-electron chi connectivity index (χ1n) is 8.63. The van der Waals surface area contributed by atoms with Crippen LogP contribution >= 0.6 is 12.2 Å². The van der Waals surface area contributed by atoms with Crippen LogP contribution in [0.15, 0.2) is 48.5 Å². The molecule has 0 saturated heterocycles. The molecular weight excluding hydrogens is 332 g/mol. The number of nitrogens with zero attached hydrogens (tertiary/aromatic N) is 1. The number of amides is 1. The molecule has 0 atom stereocenters. The number of anilines is 1. The zero-order chi connectivity index (χ0) is 17.6. The summed E-state index contributed by atoms with van der Waals surface area (Å²) in [5.41, 5.74) is 2.84. The zero-order valence-corrected chi connectivity index (χ0v) is 15.1. The minimum Gasteiger partial charge on any atom is -0.493 e. The summed E-state index contributed by atoms with van der Waals surface area (Å²) in [6.07, 6.45) is 2.94. The maximum absolute atomic E-state index is 12.7. The van der Waals surface area contributed by atoms with Gasteiger partial charge in [0.05, 0.1) is 12.2 Å². The van der Waals surface area contributed by atoms with Gasteiger partial charge in [-0.15, -0.1) is 0 Å². The Morgan fingerprint density at radius 2 is 1.96 bits per heavy atom. The Morgan fingerprint density at radius 1 is 1.20 bits per heavy atom. The number of carbonyl (C=O) groups is 1. The van der Waals surface area contributed by atoms with Crippen molar-refractivity contribution in [2.45, 2.75) is 26.2 Å². The summed E-state index contributed by atoms with van der Waals surface area (Å²) in [5, 5.41) is 3.29. The van der Waals surface area contributed by atoms with E-state index < -0.39 is 0 Å². The van der Waals surface area contributed by atoms with Gasteiger partial charge in [-0.05, 0) is 55.2 Å². The van der Waals surface area contributed by atoms with Crippen LogP contribution < -0.4 is 15.0 Å². The number of hydrogen-bond acceptors (Lipinski definition) is 3. The van der Waals surface area contributed by atoms with Crippen molar-refractivity contribution in [1.82, 2.24) is 5.32 Å². The van der Waals surface area contributed by atoms with Crippen molar-refractivity contribution in [3.05, 3.63) is 59.7 Å². The lowest BCUT2D eigenvalue weighted by Gasteiger charge is -2.31.